The van der Waals surface area contributed by atoms with Gasteiger partial charge in [-0.2, -0.15) is 0 Å². The summed E-state index contributed by atoms with van der Waals surface area (Å²) in [5, 5.41) is 0.602. The summed E-state index contributed by atoms with van der Waals surface area (Å²) in [6, 6.07) is 2.86. The van der Waals surface area contributed by atoms with Gasteiger partial charge in [0.15, 0.2) is 11.6 Å². The van der Waals surface area contributed by atoms with Gasteiger partial charge in [0.05, 0.1) is 8.07 Å². The lowest BCUT2D eigenvalue weighted by Crippen LogP contribution is -2.42. The fourth-order valence-electron chi connectivity index (χ4n) is 1.40. The van der Waals surface area contributed by atoms with Crippen LogP contribution in [-0.4, -0.2) is 14.3 Å². The SMILES string of the molecule is CSc1ccc(F)c(F)c1[Si](C)(C)C. The highest BCUT2D eigenvalue weighted by atomic mass is 32.2. The maximum Gasteiger partial charge on any atom is 0.159 e. The van der Waals surface area contributed by atoms with E-state index in [1.165, 1.54) is 17.8 Å². The van der Waals surface area contributed by atoms with E-state index in [1.54, 1.807) is 6.07 Å². The van der Waals surface area contributed by atoms with Crippen molar-refractivity contribution in [3.8, 4) is 0 Å². The lowest BCUT2D eigenvalue weighted by atomic mass is 10.3. The smallest absolute Gasteiger partial charge is 0.159 e. The molecule has 1 aromatic carbocycles. The number of benzene rings is 1. The van der Waals surface area contributed by atoms with Crippen molar-refractivity contribution < 1.29 is 8.78 Å². The minimum absolute atomic E-state index is 0.602. The molecule has 0 aliphatic heterocycles. The molecular weight excluding hydrogens is 218 g/mol. The lowest BCUT2D eigenvalue weighted by molar-refractivity contribution is 0.511. The first-order chi connectivity index (χ1) is 6.38. The predicted molar refractivity (Wildman–Crippen MR) is 61.1 cm³/mol. The van der Waals surface area contributed by atoms with Crippen molar-refractivity contribution in [1.82, 2.24) is 0 Å². The van der Waals surface area contributed by atoms with Gasteiger partial charge in [-0.05, 0) is 23.6 Å². The molecule has 4 heteroatoms. The zero-order chi connectivity index (χ0) is 10.9. The maximum atomic E-state index is 13.6. The second-order valence-electron chi connectivity index (χ2n) is 4.19. The number of thioether (sulfide) groups is 1. The summed E-state index contributed by atoms with van der Waals surface area (Å²) in [7, 11) is -1.81. The standard InChI is InChI=1S/C10H14F2SSi/c1-13-8-6-5-7(11)9(12)10(8)14(2,3)4/h5-6H,1-4H3. The van der Waals surface area contributed by atoms with Gasteiger partial charge in [0.25, 0.3) is 0 Å². The quantitative estimate of drug-likeness (QED) is 0.557. The van der Waals surface area contributed by atoms with E-state index in [2.05, 4.69) is 0 Å². The van der Waals surface area contributed by atoms with Crippen molar-refractivity contribution >= 4 is 25.0 Å². The first-order valence-electron chi connectivity index (χ1n) is 4.40. The van der Waals surface area contributed by atoms with Crippen LogP contribution in [0.2, 0.25) is 19.6 Å². The van der Waals surface area contributed by atoms with Crippen LogP contribution in [0, 0.1) is 11.6 Å². The van der Waals surface area contributed by atoms with Crippen LogP contribution in [0.4, 0.5) is 8.78 Å². The van der Waals surface area contributed by atoms with Gasteiger partial charge in [-0.25, -0.2) is 8.78 Å². The first-order valence-corrected chi connectivity index (χ1v) is 9.13. The summed E-state index contributed by atoms with van der Waals surface area (Å²) in [5.74, 6) is -1.39. The Balaban J connectivity index is 3.44. The normalized spacial score (nSPS) is 11.9. The molecule has 1 rings (SSSR count). The molecule has 0 bridgehead atoms. The molecule has 0 aliphatic rings. The highest BCUT2D eigenvalue weighted by molar-refractivity contribution is 7.98. The highest BCUT2D eigenvalue weighted by Crippen LogP contribution is 2.20. The molecule has 0 saturated carbocycles. The van der Waals surface area contributed by atoms with Gasteiger partial charge in [-0.3, -0.25) is 0 Å². The third kappa shape index (κ3) is 2.17. The molecule has 0 amide bonds. The highest BCUT2D eigenvalue weighted by Gasteiger charge is 2.26. The van der Waals surface area contributed by atoms with Gasteiger partial charge in [-0.15, -0.1) is 11.8 Å². The van der Waals surface area contributed by atoms with Gasteiger partial charge in [0.1, 0.15) is 0 Å². The van der Waals surface area contributed by atoms with Gasteiger partial charge in [0.2, 0.25) is 0 Å². The number of hydrogen-bond acceptors (Lipinski definition) is 1. The van der Waals surface area contributed by atoms with Gasteiger partial charge < -0.3 is 0 Å². The van der Waals surface area contributed by atoms with E-state index in [0.29, 0.717) is 5.19 Å². The molecule has 0 spiro atoms. The Morgan fingerprint density at radius 1 is 1.14 bits per heavy atom. The average Bonchev–Trinajstić information content (AvgIpc) is 2.07. The van der Waals surface area contributed by atoms with Crippen LogP contribution < -0.4 is 5.19 Å². The van der Waals surface area contributed by atoms with Crippen LogP contribution in [0.3, 0.4) is 0 Å². The Hall–Kier alpha value is -0.353. The summed E-state index contributed by atoms with van der Waals surface area (Å²) in [6.07, 6.45) is 1.89. The predicted octanol–water partition coefficient (Wildman–Crippen LogP) is 3.23. The molecule has 0 atom stereocenters. The third-order valence-electron chi connectivity index (χ3n) is 2.03. The minimum Gasteiger partial charge on any atom is -0.204 e. The molecule has 0 saturated heterocycles. The Labute approximate surface area is 88.7 Å². The maximum absolute atomic E-state index is 13.6. The topological polar surface area (TPSA) is 0 Å². The number of halogens is 2. The van der Waals surface area contributed by atoms with Crippen LogP contribution >= 0.6 is 11.8 Å². The summed E-state index contributed by atoms with van der Waals surface area (Å²) in [5.41, 5.74) is 0. The fraction of sp³-hybridized carbons (Fsp3) is 0.400. The molecule has 78 valence electrons. The van der Waals surface area contributed by atoms with E-state index >= 15 is 0 Å². The summed E-state index contributed by atoms with van der Waals surface area (Å²) in [6.45, 7) is 6.06. The van der Waals surface area contributed by atoms with Crippen molar-refractivity contribution in [3.05, 3.63) is 23.8 Å². The zero-order valence-electron chi connectivity index (χ0n) is 8.82. The summed E-state index contributed by atoms with van der Waals surface area (Å²) < 4.78 is 26.7. The minimum atomic E-state index is -1.81. The van der Waals surface area contributed by atoms with Crippen LogP contribution in [0.15, 0.2) is 17.0 Å². The van der Waals surface area contributed by atoms with Crippen molar-refractivity contribution in [1.29, 1.82) is 0 Å². The van der Waals surface area contributed by atoms with E-state index in [4.69, 9.17) is 0 Å². The molecule has 0 unspecified atom stereocenters. The fourth-order valence-corrected chi connectivity index (χ4v) is 4.72. The third-order valence-corrected chi connectivity index (χ3v) is 4.98. The van der Waals surface area contributed by atoms with Crippen molar-refractivity contribution in [2.75, 3.05) is 6.26 Å². The zero-order valence-corrected chi connectivity index (χ0v) is 10.6. The Morgan fingerprint density at radius 2 is 1.71 bits per heavy atom. The molecule has 14 heavy (non-hydrogen) atoms. The van der Waals surface area contributed by atoms with E-state index in [0.717, 1.165) is 4.90 Å². The molecule has 0 radical (unpaired) electrons. The van der Waals surface area contributed by atoms with E-state index < -0.39 is 19.7 Å². The number of hydrogen-bond donors (Lipinski definition) is 0. The lowest BCUT2D eigenvalue weighted by Gasteiger charge is -2.20. The van der Waals surface area contributed by atoms with Crippen molar-refractivity contribution in [2.24, 2.45) is 0 Å². The number of rotatable bonds is 2. The molecular formula is C10H14F2SSi. The second kappa shape index (κ2) is 4.02. The van der Waals surface area contributed by atoms with Gasteiger partial charge >= 0.3 is 0 Å². The molecule has 0 heterocycles. The molecule has 0 N–H and O–H groups in total. The Kier molecular flexibility index (Phi) is 3.37. The molecule has 0 aromatic heterocycles. The molecule has 0 aliphatic carbocycles. The largest absolute Gasteiger partial charge is 0.204 e. The van der Waals surface area contributed by atoms with Crippen molar-refractivity contribution in [2.45, 2.75) is 24.5 Å². The second-order valence-corrected chi connectivity index (χ2v) is 10.0. The average molecular weight is 232 g/mol. The van der Waals surface area contributed by atoms with E-state index in [-0.39, 0.29) is 0 Å². The Morgan fingerprint density at radius 3 is 2.14 bits per heavy atom. The van der Waals surface area contributed by atoms with E-state index in [1.807, 2.05) is 25.9 Å². The van der Waals surface area contributed by atoms with Gasteiger partial charge in [0, 0.05) is 4.90 Å². The Bertz CT molecular complexity index is 345. The summed E-state index contributed by atoms with van der Waals surface area (Å²) in [4.78, 5) is 0.864. The molecule has 0 nitrogen and oxygen atoms in total. The molecule has 0 fully saturated rings. The first kappa shape index (κ1) is 11.7. The van der Waals surface area contributed by atoms with Crippen LogP contribution in [-0.2, 0) is 0 Å². The molecule has 1 aromatic rings. The van der Waals surface area contributed by atoms with Gasteiger partial charge in [-0.1, -0.05) is 19.6 Å². The van der Waals surface area contributed by atoms with Crippen LogP contribution in [0.5, 0.6) is 0 Å². The van der Waals surface area contributed by atoms with Crippen LogP contribution in [0.25, 0.3) is 0 Å². The van der Waals surface area contributed by atoms with Crippen LogP contribution in [0.1, 0.15) is 0 Å². The monoisotopic (exact) mass is 232 g/mol. The summed E-state index contributed by atoms with van der Waals surface area (Å²) >= 11 is 1.47. The van der Waals surface area contributed by atoms with Crippen molar-refractivity contribution in [3.63, 3.8) is 0 Å². The van der Waals surface area contributed by atoms with E-state index in [9.17, 15) is 8.78 Å².